The van der Waals surface area contributed by atoms with Crippen LogP contribution in [-0.4, -0.2) is 28.8 Å². The molecule has 0 saturated carbocycles. The number of hydrogen-bond donors (Lipinski definition) is 2. The number of aliphatic imine (C=N–C) groups is 1. The van der Waals surface area contributed by atoms with Gasteiger partial charge in [-0.1, -0.05) is 0 Å². The molecule has 5 nitrogen and oxygen atoms in total. The standard InChI is InChI=1S/C8H9N5/c9-6-8-10-3-1-5-13(8)7-2-4-11-12-7/h1-6,8-9H,(H,11,12). The first-order chi connectivity index (χ1) is 6.42. The Balaban J connectivity index is 2.28. The molecule has 1 atom stereocenters. The Bertz CT molecular complexity index is 337. The van der Waals surface area contributed by atoms with Crippen LogP contribution >= 0.6 is 0 Å². The lowest BCUT2D eigenvalue weighted by atomic mass is 10.4. The minimum atomic E-state index is -0.259. The molecule has 0 radical (unpaired) electrons. The van der Waals surface area contributed by atoms with E-state index in [1.165, 1.54) is 6.21 Å². The molecule has 2 heterocycles. The Labute approximate surface area is 75.3 Å². The molecule has 1 aromatic heterocycles. The predicted molar refractivity (Wildman–Crippen MR) is 51.3 cm³/mol. The molecule has 0 amide bonds. The van der Waals surface area contributed by atoms with Crippen molar-refractivity contribution < 1.29 is 0 Å². The van der Waals surface area contributed by atoms with E-state index in [0.717, 1.165) is 5.82 Å². The van der Waals surface area contributed by atoms with Gasteiger partial charge in [0.15, 0.2) is 6.17 Å². The van der Waals surface area contributed by atoms with Gasteiger partial charge in [0.25, 0.3) is 0 Å². The lowest BCUT2D eigenvalue weighted by molar-refractivity contribution is 0.843. The molecule has 0 saturated heterocycles. The maximum Gasteiger partial charge on any atom is 0.161 e. The highest BCUT2D eigenvalue weighted by Gasteiger charge is 2.15. The first-order valence-electron chi connectivity index (χ1n) is 3.90. The van der Waals surface area contributed by atoms with Crippen molar-refractivity contribution in [2.24, 2.45) is 4.99 Å². The molecule has 66 valence electrons. The van der Waals surface area contributed by atoms with Crippen molar-refractivity contribution in [3.63, 3.8) is 0 Å². The van der Waals surface area contributed by atoms with Crippen LogP contribution in [0.4, 0.5) is 5.82 Å². The summed E-state index contributed by atoms with van der Waals surface area (Å²) in [5.74, 6) is 0.835. The Morgan fingerprint density at radius 2 is 2.54 bits per heavy atom. The fraction of sp³-hybridized carbons (Fsp3) is 0.125. The molecular formula is C8H9N5. The summed E-state index contributed by atoms with van der Waals surface area (Å²) in [6.45, 7) is 0. The van der Waals surface area contributed by atoms with E-state index in [4.69, 9.17) is 5.41 Å². The van der Waals surface area contributed by atoms with Crippen LogP contribution in [0.25, 0.3) is 0 Å². The third-order valence-corrected chi connectivity index (χ3v) is 1.77. The number of aromatic nitrogens is 2. The van der Waals surface area contributed by atoms with Crippen LogP contribution in [0.2, 0.25) is 0 Å². The van der Waals surface area contributed by atoms with Gasteiger partial charge in [-0.3, -0.25) is 10.1 Å². The number of H-pyrrole nitrogens is 1. The summed E-state index contributed by atoms with van der Waals surface area (Å²) in [5.41, 5.74) is 0. The molecule has 5 heteroatoms. The SMILES string of the molecule is N=CC1N=CC=CN1c1ccn[nH]1. The van der Waals surface area contributed by atoms with Gasteiger partial charge in [-0.25, -0.2) is 0 Å². The largest absolute Gasteiger partial charge is 0.309 e. The summed E-state index contributed by atoms with van der Waals surface area (Å²) in [6, 6.07) is 1.84. The number of rotatable bonds is 2. The Morgan fingerprint density at radius 1 is 1.62 bits per heavy atom. The van der Waals surface area contributed by atoms with E-state index in [2.05, 4.69) is 15.2 Å². The molecule has 0 fully saturated rings. The van der Waals surface area contributed by atoms with Crippen molar-refractivity contribution in [1.29, 1.82) is 5.41 Å². The van der Waals surface area contributed by atoms with Crippen LogP contribution in [0.1, 0.15) is 0 Å². The number of hydrogen-bond acceptors (Lipinski definition) is 4. The molecule has 1 aliphatic heterocycles. The summed E-state index contributed by atoms with van der Waals surface area (Å²) in [5, 5.41) is 13.8. The second-order valence-electron chi connectivity index (χ2n) is 2.57. The molecule has 0 aromatic carbocycles. The highest BCUT2D eigenvalue weighted by atomic mass is 15.3. The Morgan fingerprint density at radius 3 is 3.23 bits per heavy atom. The van der Waals surface area contributed by atoms with Crippen LogP contribution in [0, 0.1) is 5.41 Å². The van der Waals surface area contributed by atoms with E-state index in [1.54, 1.807) is 12.4 Å². The van der Waals surface area contributed by atoms with Crippen LogP contribution in [0.15, 0.2) is 29.5 Å². The van der Waals surface area contributed by atoms with Gasteiger partial charge in [-0.05, 0) is 6.08 Å². The van der Waals surface area contributed by atoms with Gasteiger partial charge in [-0.15, -0.1) is 0 Å². The molecule has 13 heavy (non-hydrogen) atoms. The fourth-order valence-electron chi connectivity index (χ4n) is 1.17. The summed E-state index contributed by atoms with van der Waals surface area (Å²) in [7, 11) is 0. The van der Waals surface area contributed by atoms with Gasteiger partial charge >= 0.3 is 0 Å². The monoisotopic (exact) mass is 175 g/mol. The fourth-order valence-corrected chi connectivity index (χ4v) is 1.17. The highest BCUT2D eigenvalue weighted by Crippen LogP contribution is 2.14. The number of nitrogens with zero attached hydrogens (tertiary/aromatic N) is 3. The second kappa shape index (κ2) is 3.22. The quantitative estimate of drug-likeness (QED) is 0.652. The third kappa shape index (κ3) is 1.35. The molecule has 1 unspecified atom stereocenters. The van der Waals surface area contributed by atoms with E-state index in [-0.39, 0.29) is 6.17 Å². The van der Waals surface area contributed by atoms with Crippen molar-refractivity contribution in [2.75, 3.05) is 4.90 Å². The Kier molecular flexibility index (Phi) is 1.91. The van der Waals surface area contributed by atoms with E-state index in [9.17, 15) is 0 Å². The highest BCUT2D eigenvalue weighted by molar-refractivity contribution is 5.80. The minimum absolute atomic E-state index is 0.259. The summed E-state index contributed by atoms with van der Waals surface area (Å²) in [4.78, 5) is 5.94. The Hall–Kier alpha value is -1.91. The molecule has 1 aliphatic rings. The molecule has 2 rings (SSSR count). The smallest absolute Gasteiger partial charge is 0.161 e. The van der Waals surface area contributed by atoms with Crippen molar-refractivity contribution in [3.05, 3.63) is 24.5 Å². The zero-order chi connectivity index (χ0) is 9.10. The minimum Gasteiger partial charge on any atom is -0.309 e. The van der Waals surface area contributed by atoms with Crippen molar-refractivity contribution in [2.45, 2.75) is 6.17 Å². The van der Waals surface area contributed by atoms with E-state index in [1.807, 2.05) is 23.2 Å². The van der Waals surface area contributed by atoms with Gasteiger partial charge in [0, 0.05) is 24.7 Å². The topological polar surface area (TPSA) is 68.1 Å². The molecule has 0 aliphatic carbocycles. The van der Waals surface area contributed by atoms with E-state index >= 15 is 0 Å². The van der Waals surface area contributed by atoms with Crippen molar-refractivity contribution >= 4 is 18.2 Å². The van der Waals surface area contributed by atoms with E-state index in [0.29, 0.717) is 0 Å². The maximum atomic E-state index is 7.18. The average Bonchev–Trinajstić information content (AvgIpc) is 2.70. The lowest BCUT2D eigenvalue weighted by Crippen LogP contribution is -2.32. The maximum absolute atomic E-state index is 7.18. The van der Waals surface area contributed by atoms with Gasteiger partial charge < -0.3 is 10.3 Å². The van der Waals surface area contributed by atoms with Crippen LogP contribution in [0.3, 0.4) is 0 Å². The normalized spacial score (nSPS) is 20.6. The molecule has 0 bridgehead atoms. The predicted octanol–water partition coefficient (Wildman–Crippen LogP) is 0.790. The third-order valence-electron chi connectivity index (χ3n) is 1.77. The number of nitrogens with one attached hydrogen (secondary N) is 2. The van der Waals surface area contributed by atoms with Crippen LogP contribution in [0.5, 0.6) is 0 Å². The summed E-state index contributed by atoms with van der Waals surface area (Å²) < 4.78 is 0. The van der Waals surface area contributed by atoms with Gasteiger partial charge in [0.2, 0.25) is 0 Å². The number of aromatic amines is 1. The molecule has 2 N–H and O–H groups in total. The average molecular weight is 175 g/mol. The van der Waals surface area contributed by atoms with Gasteiger partial charge in [0.1, 0.15) is 5.82 Å². The number of allylic oxidation sites excluding steroid dienone is 1. The summed E-state index contributed by atoms with van der Waals surface area (Å²) in [6.07, 6.45) is 8.05. The molecule has 0 spiro atoms. The van der Waals surface area contributed by atoms with Crippen molar-refractivity contribution in [1.82, 2.24) is 10.2 Å². The molecular weight excluding hydrogens is 166 g/mol. The summed E-state index contributed by atoms with van der Waals surface area (Å²) >= 11 is 0. The zero-order valence-corrected chi connectivity index (χ0v) is 6.88. The first kappa shape index (κ1) is 7.72. The van der Waals surface area contributed by atoms with E-state index < -0.39 is 0 Å². The molecule has 1 aromatic rings. The van der Waals surface area contributed by atoms with Crippen LogP contribution in [-0.2, 0) is 0 Å². The van der Waals surface area contributed by atoms with Crippen molar-refractivity contribution in [3.8, 4) is 0 Å². The zero-order valence-electron chi connectivity index (χ0n) is 6.88. The first-order valence-corrected chi connectivity index (χ1v) is 3.90. The lowest BCUT2D eigenvalue weighted by Gasteiger charge is -2.24. The van der Waals surface area contributed by atoms with Crippen LogP contribution < -0.4 is 4.90 Å². The second-order valence-corrected chi connectivity index (χ2v) is 2.57. The number of anilines is 1. The van der Waals surface area contributed by atoms with Gasteiger partial charge in [-0.2, -0.15) is 5.10 Å². The van der Waals surface area contributed by atoms with Gasteiger partial charge in [0.05, 0.1) is 6.20 Å².